The molecule has 4 rings (SSSR count). The van der Waals surface area contributed by atoms with Crippen molar-refractivity contribution in [1.82, 2.24) is 4.98 Å². The van der Waals surface area contributed by atoms with Crippen molar-refractivity contribution in [1.29, 1.82) is 0 Å². The van der Waals surface area contributed by atoms with Crippen LogP contribution in [0.15, 0.2) is 71.1 Å². The summed E-state index contributed by atoms with van der Waals surface area (Å²) in [6.45, 7) is 0. The van der Waals surface area contributed by atoms with Crippen LogP contribution in [0, 0.1) is 0 Å². The summed E-state index contributed by atoms with van der Waals surface area (Å²) in [4.78, 5) is 16.9. The number of amides is 1. The third kappa shape index (κ3) is 3.50. The summed E-state index contributed by atoms with van der Waals surface area (Å²) >= 11 is 6.21. The first-order chi connectivity index (χ1) is 13.1. The fourth-order valence-corrected chi connectivity index (χ4v) is 2.94. The molecule has 0 radical (unpaired) electrons. The Morgan fingerprint density at radius 3 is 2.74 bits per heavy atom. The monoisotopic (exact) mass is 378 g/mol. The number of nitrogens with one attached hydrogen (secondary N) is 1. The van der Waals surface area contributed by atoms with Gasteiger partial charge in [0.2, 0.25) is 5.89 Å². The van der Waals surface area contributed by atoms with Crippen molar-refractivity contribution >= 4 is 34.3 Å². The predicted molar refractivity (Wildman–Crippen MR) is 105 cm³/mol. The molecule has 1 amide bonds. The lowest BCUT2D eigenvalue weighted by molar-refractivity contribution is 0.102. The van der Waals surface area contributed by atoms with Gasteiger partial charge in [0.1, 0.15) is 11.3 Å². The second-order valence-corrected chi connectivity index (χ2v) is 6.27. The highest BCUT2D eigenvalue weighted by molar-refractivity contribution is 6.33. The number of anilines is 1. The number of ether oxygens (including phenoxy) is 1. The average Bonchev–Trinajstić information content (AvgIpc) is 3.11. The highest BCUT2D eigenvalue weighted by Gasteiger charge is 2.13. The molecule has 0 saturated carbocycles. The zero-order chi connectivity index (χ0) is 18.8. The van der Waals surface area contributed by atoms with Crippen LogP contribution in [-0.4, -0.2) is 18.0 Å². The minimum atomic E-state index is -0.237. The van der Waals surface area contributed by atoms with Crippen molar-refractivity contribution in [2.75, 3.05) is 12.4 Å². The van der Waals surface area contributed by atoms with Gasteiger partial charge < -0.3 is 14.5 Å². The van der Waals surface area contributed by atoms with E-state index in [1.54, 1.807) is 55.6 Å². The minimum Gasteiger partial charge on any atom is -0.497 e. The van der Waals surface area contributed by atoms with Gasteiger partial charge in [-0.05, 0) is 42.5 Å². The Kier molecular flexibility index (Phi) is 4.52. The van der Waals surface area contributed by atoms with Crippen LogP contribution in [0.25, 0.3) is 22.6 Å². The molecule has 0 aliphatic carbocycles. The number of carbonyl (C=O) groups is 1. The van der Waals surface area contributed by atoms with E-state index in [9.17, 15) is 4.79 Å². The molecule has 0 saturated heterocycles. The van der Waals surface area contributed by atoms with E-state index in [4.69, 9.17) is 20.8 Å². The van der Waals surface area contributed by atoms with E-state index in [1.807, 2.05) is 18.2 Å². The molecule has 0 bridgehead atoms. The maximum Gasteiger partial charge on any atom is 0.255 e. The van der Waals surface area contributed by atoms with Gasteiger partial charge in [-0.25, -0.2) is 4.98 Å². The van der Waals surface area contributed by atoms with Gasteiger partial charge in [0.25, 0.3) is 5.91 Å². The van der Waals surface area contributed by atoms with Gasteiger partial charge in [0.05, 0.1) is 17.7 Å². The van der Waals surface area contributed by atoms with Gasteiger partial charge in [-0.3, -0.25) is 4.79 Å². The molecule has 0 atom stereocenters. The van der Waals surface area contributed by atoms with E-state index in [1.165, 1.54) is 0 Å². The molecule has 134 valence electrons. The zero-order valence-electron chi connectivity index (χ0n) is 14.4. The third-order valence-electron chi connectivity index (χ3n) is 4.08. The van der Waals surface area contributed by atoms with Crippen LogP contribution in [0.2, 0.25) is 5.02 Å². The van der Waals surface area contributed by atoms with Crippen molar-refractivity contribution in [3.8, 4) is 17.2 Å². The number of methoxy groups -OCH3 is 1. The summed E-state index contributed by atoms with van der Waals surface area (Å²) < 4.78 is 11.0. The summed E-state index contributed by atoms with van der Waals surface area (Å²) in [5.74, 6) is 0.823. The molecule has 0 unspecified atom stereocenters. The smallest absolute Gasteiger partial charge is 0.255 e. The van der Waals surface area contributed by atoms with Crippen LogP contribution in [0.5, 0.6) is 5.75 Å². The summed E-state index contributed by atoms with van der Waals surface area (Å²) in [5, 5.41) is 3.42. The van der Waals surface area contributed by atoms with Gasteiger partial charge in [0, 0.05) is 17.3 Å². The van der Waals surface area contributed by atoms with Crippen molar-refractivity contribution in [3.05, 3.63) is 77.3 Å². The van der Waals surface area contributed by atoms with Crippen LogP contribution in [0.3, 0.4) is 0 Å². The predicted octanol–water partition coefficient (Wildman–Crippen LogP) is 5.41. The van der Waals surface area contributed by atoms with Gasteiger partial charge in [-0.1, -0.05) is 29.8 Å². The van der Waals surface area contributed by atoms with E-state index in [2.05, 4.69) is 10.3 Å². The molecule has 5 nitrogen and oxygen atoms in total. The Bertz CT molecular complexity index is 1140. The number of benzene rings is 3. The maximum absolute atomic E-state index is 12.5. The molecule has 6 heteroatoms. The van der Waals surface area contributed by atoms with Crippen LogP contribution < -0.4 is 10.1 Å². The van der Waals surface area contributed by atoms with Gasteiger partial charge in [-0.2, -0.15) is 0 Å². The van der Waals surface area contributed by atoms with E-state index >= 15 is 0 Å². The zero-order valence-corrected chi connectivity index (χ0v) is 15.2. The number of aromatic nitrogens is 1. The van der Waals surface area contributed by atoms with Crippen LogP contribution in [-0.2, 0) is 0 Å². The van der Waals surface area contributed by atoms with Gasteiger partial charge in [0.15, 0.2) is 5.58 Å². The maximum atomic E-state index is 12.5. The lowest BCUT2D eigenvalue weighted by Gasteiger charge is -2.06. The SMILES string of the molecule is COc1cccc(C(=O)Nc2ccc3nc(-c4ccccc4Cl)oc3c2)c1. The van der Waals surface area contributed by atoms with E-state index < -0.39 is 0 Å². The number of hydrogen-bond acceptors (Lipinski definition) is 4. The molecule has 0 spiro atoms. The fraction of sp³-hybridized carbons (Fsp3) is 0.0476. The molecule has 27 heavy (non-hydrogen) atoms. The molecule has 1 aromatic heterocycles. The second-order valence-electron chi connectivity index (χ2n) is 5.87. The molecular formula is C21H15ClN2O3. The molecule has 0 fully saturated rings. The van der Waals surface area contributed by atoms with Crippen molar-refractivity contribution in [2.24, 2.45) is 0 Å². The fourth-order valence-electron chi connectivity index (χ4n) is 2.72. The minimum absolute atomic E-state index is 0.237. The summed E-state index contributed by atoms with van der Waals surface area (Å²) in [6, 6.07) is 19.6. The highest BCUT2D eigenvalue weighted by atomic mass is 35.5. The topological polar surface area (TPSA) is 64.4 Å². The average molecular weight is 379 g/mol. The lowest BCUT2D eigenvalue weighted by atomic mass is 10.2. The number of halogens is 1. The molecule has 4 aromatic rings. The highest BCUT2D eigenvalue weighted by Crippen LogP contribution is 2.30. The number of oxazole rings is 1. The summed E-state index contributed by atoms with van der Waals surface area (Å²) in [6.07, 6.45) is 0. The Morgan fingerprint density at radius 1 is 1.07 bits per heavy atom. The Hall–Kier alpha value is -3.31. The van der Waals surface area contributed by atoms with Crippen molar-refractivity contribution in [3.63, 3.8) is 0 Å². The van der Waals surface area contributed by atoms with Crippen LogP contribution in [0.1, 0.15) is 10.4 Å². The molecular weight excluding hydrogens is 364 g/mol. The Balaban J connectivity index is 1.62. The number of hydrogen-bond donors (Lipinski definition) is 1. The van der Waals surface area contributed by atoms with E-state index in [0.29, 0.717) is 39.0 Å². The molecule has 3 aromatic carbocycles. The first-order valence-corrected chi connectivity index (χ1v) is 8.63. The largest absolute Gasteiger partial charge is 0.497 e. The number of rotatable bonds is 4. The quantitative estimate of drug-likeness (QED) is 0.515. The number of carbonyl (C=O) groups excluding carboxylic acids is 1. The number of fused-ring (bicyclic) bond motifs is 1. The van der Waals surface area contributed by atoms with E-state index in [-0.39, 0.29) is 5.91 Å². The Labute approximate surface area is 160 Å². The lowest BCUT2D eigenvalue weighted by Crippen LogP contribution is -2.11. The van der Waals surface area contributed by atoms with E-state index in [0.717, 1.165) is 5.56 Å². The van der Waals surface area contributed by atoms with Gasteiger partial charge in [-0.15, -0.1) is 0 Å². The normalized spacial score (nSPS) is 10.7. The third-order valence-corrected chi connectivity index (χ3v) is 4.41. The van der Waals surface area contributed by atoms with Gasteiger partial charge >= 0.3 is 0 Å². The molecule has 0 aliphatic rings. The molecule has 0 aliphatic heterocycles. The first kappa shape index (κ1) is 17.1. The second kappa shape index (κ2) is 7.13. The van der Waals surface area contributed by atoms with Crippen LogP contribution in [0.4, 0.5) is 5.69 Å². The first-order valence-electron chi connectivity index (χ1n) is 8.25. The summed E-state index contributed by atoms with van der Waals surface area (Å²) in [5.41, 5.74) is 3.08. The molecule has 1 heterocycles. The van der Waals surface area contributed by atoms with Crippen molar-refractivity contribution < 1.29 is 13.9 Å². The Morgan fingerprint density at radius 2 is 1.93 bits per heavy atom. The van der Waals surface area contributed by atoms with Crippen molar-refractivity contribution in [2.45, 2.75) is 0 Å². The standard InChI is InChI=1S/C21H15ClN2O3/c1-26-15-6-4-5-13(11-15)20(25)23-14-9-10-18-19(12-14)27-21(24-18)16-7-2-3-8-17(16)22/h2-12H,1H3,(H,23,25). The number of nitrogens with zero attached hydrogens (tertiary/aromatic N) is 1. The van der Waals surface area contributed by atoms with Crippen LogP contribution >= 0.6 is 11.6 Å². The summed E-state index contributed by atoms with van der Waals surface area (Å²) in [7, 11) is 1.56. The molecule has 1 N–H and O–H groups in total.